The number of aryl methyl sites for hydroxylation is 1. The summed E-state index contributed by atoms with van der Waals surface area (Å²) in [6, 6.07) is 9.85. The van der Waals surface area contributed by atoms with Gasteiger partial charge in [-0.05, 0) is 42.8 Å². The van der Waals surface area contributed by atoms with E-state index in [0.29, 0.717) is 28.3 Å². The first-order valence-electron chi connectivity index (χ1n) is 6.64. The molecule has 6 heteroatoms. The Kier molecular flexibility index (Phi) is 3.29. The van der Waals surface area contributed by atoms with Crippen molar-refractivity contribution >= 4 is 11.6 Å². The second-order valence-corrected chi connectivity index (χ2v) is 4.90. The predicted molar refractivity (Wildman–Crippen MR) is 80.4 cm³/mol. The molecule has 3 rings (SSSR count). The number of hydrogen-bond acceptors (Lipinski definition) is 3. The number of nitrogens with two attached hydrogens (primary N) is 1. The minimum atomic E-state index is -0.650. The van der Waals surface area contributed by atoms with E-state index in [1.54, 1.807) is 41.7 Å². The van der Waals surface area contributed by atoms with Gasteiger partial charge >= 0.3 is 0 Å². The van der Waals surface area contributed by atoms with E-state index in [2.05, 4.69) is 4.98 Å². The maximum absolute atomic E-state index is 13.5. The smallest absolute Gasteiger partial charge is 0.269 e. The van der Waals surface area contributed by atoms with Crippen molar-refractivity contribution in [2.45, 2.75) is 6.92 Å². The number of carbonyl (C=O) groups is 1. The number of fused-ring (bicyclic) bond motifs is 1. The zero-order valence-electron chi connectivity index (χ0n) is 12.1. The average molecular weight is 299 g/mol. The molecule has 2 aromatic heterocycles. The lowest BCUT2D eigenvalue weighted by atomic mass is 10.1. The fraction of sp³-hybridized carbons (Fsp3) is 0.125. The van der Waals surface area contributed by atoms with Gasteiger partial charge in [-0.2, -0.15) is 0 Å². The molecular weight excluding hydrogens is 285 g/mol. The summed E-state index contributed by atoms with van der Waals surface area (Å²) >= 11 is 0. The quantitative estimate of drug-likeness (QED) is 0.808. The number of carbonyl (C=O) groups excluding carboxylic acids is 1. The summed E-state index contributed by atoms with van der Waals surface area (Å²) in [6.45, 7) is 1.66. The molecule has 0 bridgehead atoms. The van der Waals surface area contributed by atoms with Crippen LogP contribution < -0.4 is 10.5 Å². The second kappa shape index (κ2) is 5.14. The minimum absolute atomic E-state index is 0.121. The van der Waals surface area contributed by atoms with Gasteiger partial charge in [0.1, 0.15) is 11.5 Å². The number of pyridine rings is 1. The van der Waals surface area contributed by atoms with Gasteiger partial charge in [0.25, 0.3) is 5.91 Å². The number of amides is 1. The third-order valence-corrected chi connectivity index (χ3v) is 3.48. The lowest BCUT2D eigenvalue weighted by Gasteiger charge is -2.09. The van der Waals surface area contributed by atoms with Crippen LogP contribution in [0.5, 0.6) is 5.88 Å². The number of imidazole rings is 1. The van der Waals surface area contributed by atoms with Crippen LogP contribution in [0.2, 0.25) is 0 Å². The van der Waals surface area contributed by atoms with Crippen LogP contribution in [-0.2, 0) is 0 Å². The normalized spacial score (nSPS) is 10.9. The van der Waals surface area contributed by atoms with E-state index in [-0.39, 0.29) is 11.5 Å². The Hall–Kier alpha value is -2.89. The Morgan fingerprint density at radius 2 is 2.09 bits per heavy atom. The van der Waals surface area contributed by atoms with E-state index in [9.17, 15) is 9.18 Å². The molecule has 3 aromatic rings. The topological polar surface area (TPSA) is 69.6 Å². The lowest BCUT2D eigenvalue weighted by Crippen LogP contribution is -2.13. The van der Waals surface area contributed by atoms with Gasteiger partial charge in [-0.15, -0.1) is 0 Å². The van der Waals surface area contributed by atoms with Gasteiger partial charge in [-0.1, -0.05) is 6.07 Å². The maximum atomic E-state index is 13.5. The van der Waals surface area contributed by atoms with E-state index in [4.69, 9.17) is 10.5 Å². The number of halogens is 1. The van der Waals surface area contributed by atoms with Crippen molar-refractivity contribution < 1.29 is 13.9 Å². The summed E-state index contributed by atoms with van der Waals surface area (Å²) in [5.41, 5.74) is 7.70. The lowest BCUT2D eigenvalue weighted by molar-refractivity contribution is 0.0997. The van der Waals surface area contributed by atoms with Crippen molar-refractivity contribution in [1.29, 1.82) is 0 Å². The Morgan fingerprint density at radius 1 is 1.32 bits per heavy atom. The molecule has 0 aliphatic heterocycles. The monoisotopic (exact) mass is 299 g/mol. The number of ether oxygens (including phenoxy) is 1. The van der Waals surface area contributed by atoms with Gasteiger partial charge in [-0.25, -0.2) is 9.37 Å². The fourth-order valence-electron chi connectivity index (χ4n) is 2.45. The van der Waals surface area contributed by atoms with Crippen molar-refractivity contribution in [3.63, 3.8) is 0 Å². The van der Waals surface area contributed by atoms with Crippen LogP contribution in [0.1, 0.15) is 16.1 Å². The molecule has 0 radical (unpaired) electrons. The number of rotatable bonds is 3. The molecule has 1 aromatic carbocycles. The van der Waals surface area contributed by atoms with Gasteiger partial charge in [0, 0.05) is 5.56 Å². The van der Waals surface area contributed by atoms with Crippen molar-refractivity contribution in [3.8, 4) is 17.1 Å². The SMILES string of the molecule is COc1cccc2nc(C(N)=O)c(-c3ccc(F)c(C)c3)n12. The number of methoxy groups -OCH3 is 1. The number of hydrogen-bond donors (Lipinski definition) is 1. The molecule has 0 saturated carbocycles. The Balaban J connectivity index is 2.41. The molecule has 0 aliphatic carbocycles. The summed E-state index contributed by atoms with van der Waals surface area (Å²) in [7, 11) is 1.53. The summed E-state index contributed by atoms with van der Waals surface area (Å²) in [6.07, 6.45) is 0. The molecule has 0 atom stereocenters. The minimum Gasteiger partial charge on any atom is -0.482 e. The van der Waals surface area contributed by atoms with Crippen molar-refractivity contribution in [2.75, 3.05) is 7.11 Å². The van der Waals surface area contributed by atoms with Crippen LogP contribution >= 0.6 is 0 Å². The van der Waals surface area contributed by atoms with Crippen LogP contribution in [0.15, 0.2) is 36.4 Å². The largest absolute Gasteiger partial charge is 0.482 e. The summed E-state index contributed by atoms with van der Waals surface area (Å²) < 4.78 is 20.5. The summed E-state index contributed by atoms with van der Waals surface area (Å²) in [4.78, 5) is 16.0. The molecule has 0 unspecified atom stereocenters. The van der Waals surface area contributed by atoms with E-state index in [0.717, 1.165) is 0 Å². The van der Waals surface area contributed by atoms with Gasteiger partial charge in [0.15, 0.2) is 11.6 Å². The first kappa shape index (κ1) is 14.1. The van der Waals surface area contributed by atoms with Crippen LogP contribution in [0.25, 0.3) is 16.9 Å². The molecule has 0 aliphatic rings. The second-order valence-electron chi connectivity index (χ2n) is 4.90. The van der Waals surface area contributed by atoms with Crippen LogP contribution in [-0.4, -0.2) is 22.4 Å². The van der Waals surface area contributed by atoms with E-state index in [1.807, 2.05) is 0 Å². The Labute approximate surface area is 126 Å². The van der Waals surface area contributed by atoms with E-state index >= 15 is 0 Å². The first-order valence-corrected chi connectivity index (χ1v) is 6.64. The van der Waals surface area contributed by atoms with Gasteiger partial charge < -0.3 is 10.5 Å². The maximum Gasteiger partial charge on any atom is 0.269 e. The highest BCUT2D eigenvalue weighted by Crippen LogP contribution is 2.30. The molecule has 0 fully saturated rings. The number of aromatic nitrogens is 2. The van der Waals surface area contributed by atoms with Crippen LogP contribution in [0.4, 0.5) is 4.39 Å². The molecule has 0 saturated heterocycles. The summed E-state index contributed by atoms with van der Waals surface area (Å²) in [5, 5.41) is 0. The third kappa shape index (κ3) is 2.09. The molecule has 5 nitrogen and oxygen atoms in total. The molecule has 112 valence electrons. The number of primary amides is 1. The highest BCUT2D eigenvalue weighted by atomic mass is 19.1. The highest BCUT2D eigenvalue weighted by Gasteiger charge is 2.20. The fourth-order valence-corrected chi connectivity index (χ4v) is 2.45. The van der Waals surface area contributed by atoms with Crippen molar-refractivity contribution in [1.82, 2.24) is 9.38 Å². The molecule has 22 heavy (non-hydrogen) atoms. The predicted octanol–water partition coefficient (Wildman–Crippen LogP) is 2.56. The van der Waals surface area contributed by atoms with Gasteiger partial charge in [-0.3, -0.25) is 9.20 Å². The highest BCUT2D eigenvalue weighted by molar-refractivity contribution is 5.98. The molecule has 1 amide bonds. The first-order chi connectivity index (χ1) is 10.5. The Morgan fingerprint density at radius 3 is 2.73 bits per heavy atom. The third-order valence-electron chi connectivity index (χ3n) is 3.48. The zero-order valence-corrected chi connectivity index (χ0v) is 12.1. The number of benzene rings is 1. The molecule has 2 N–H and O–H groups in total. The van der Waals surface area contributed by atoms with Crippen LogP contribution in [0, 0.1) is 12.7 Å². The molecule has 0 spiro atoms. The van der Waals surface area contributed by atoms with Gasteiger partial charge in [0.05, 0.1) is 12.8 Å². The average Bonchev–Trinajstić information content (AvgIpc) is 2.89. The molecule has 2 heterocycles. The van der Waals surface area contributed by atoms with Gasteiger partial charge in [0.2, 0.25) is 0 Å². The van der Waals surface area contributed by atoms with Crippen molar-refractivity contribution in [2.24, 2.45) is 5.73 Å². The van der Waals surface area contributed by atoms with Crippen molar-refractivity contribution in [3.05, 3.63) is 53.5 Å². The molecular formula is C16H14FN3O2. The zero-order chi connectivity index (χ0) is 15.9. The number of nitrogens with zero attached hydrogens (tertiary/aromatic N) is 2. The van der Waals surface area contributed by atoms with E-state index in [1.165, 1.54) is 13.2 Å². The van der Waals surface area contributed by atoms with E-state index < -0.39 is 5.91 Å². The summed E-state index contributed by atoms with van der Waals surface area (Å²) in [5.74, 6) is -0.456. The standard InChI is InChI=1S/C16H14FN3O2/c1-9-8-10(6-7-11(9)17)15-14(16(18)21)19-12-4-3-5-13(22-2)20(12)15/h3-8H,1-2H3,(H2,18,21). The Bertz CT molecular complexity index is 886. The van der Waals surface area contributed by atoms with Crippen LogP contribution in [0.3, 0.4) is 0 Å².